The molecular formula is C7H11BrN4O. The molecule has 1 aromatic heterocycles. The van der Waals surface area contributed by atoms with E-state index in [0.717, 1.165) is 10.2 Å². The predicted octanol–water partition coefficient (Wildman–Crippen LogP) is 0.0578. The van der Waals surface area contributed by atoms with E-state index in [0.29, 0.717) is 0 Å². The standard InChI is InChI=1S/C7H11BrN4O/c1-12-7(4(8)3-11-12)5(9)2-6(10)13/h3,5H,2,9H2,1H3,(H2,10,13). The minimum absolute atomic E-state index is 0.123. The van der Waals surface area contributed by atoms with Crippen LogP contribution in [0.15, 0.2) is 10.7 Å². The van der Waals surface area contributed by atoms with Crippen molar-refractivity contribution in [2.45, 2.75) is 12.5 Å². The number of carbonyl (C=O) groups is 1. The summed E-state index contributed by atoms with van der Waals surface area (Å²) in [5.41, 5.74) is 11.6. The highest BCUT2D eigenvalue weighted by Gasteiger charge is 2.16. The van der Waals surface area contributed by atoms with Crippen molar-refractivity contribution < 1.29 is 4.79 Å². The van der Waals surface area contributed by atoms with E-state index in [1.54, 1.807) is 17.9 Å². The molecule has 0 aromatic carbocycles. The lowest BCUT2D eigenvalue weighted by Gasteiger charge is -2.10. The Labute approximate surface area is 84.2 Å². The zero-order valence-electron chi connectivity index (χ0n) is 7.20. The first kappa shape index (κ1) is 10.2. The Hall–Kier alpha value is -0.880. The molecule has 0 aliphatic carbocycles. The molecule has 1 unspecified atom stereocenters. The van der Waals surface area contributed by atoms with E-state index < -0.39 is 11.9 Å². The molecular weight excluding hydrogens is 236 g/mol. The SMILES string of the molecule is Cn1ncc(Br)c1C(N)CC(N)=O. The van der Waals surface area contributed by atoms with Crippen LogP contribution in [0.25, 0.3) is 0 Å². The van der Waals surface area contributed by atoms with Gasteiger partial charge in [0.2, 0.25) is 5.91 Å². The highest BCUT2D eigenvalue weighted by Crippen LogP contribution is 2.22. The first-order chi connectivity index (χ1) is 6.02. The Balaban J connectivity index is 2.87. The molecule has 0 radical (unpaired) electrons. The monoisotopic (exact) mass is 246 g/mol. The molecule has 1 amide bonds. The predicted molar refractivity (Wildman–Crippen MR) is 51.6 cm³/mol. The van der Waals surface area contributed by atoms with Gasteiger partial charge in [0.05, 0.1) is 22.4 Å². The molecule has 4 N–H and O–H groups in total. The lowest BCUT2D eigenvalue weighted by atomic mass is 10.1. The smallest absolute Gasteiger partial charge is 0.219 e. The summed E-state index contributed by atoms with van der Waals surface area (Å²) < 4.78 is 2.42. The summed E-state index contributed by atoms with van der Waals surface area (Å²) in [4.78, 5) is 10.6. The van der Waals surface area contributed by atoms with Gasteiger partial charge >= 0.3 is 0 Å². The van der Waals surface area contributed by atoms with Crippen LogP contribution in [0.2, 0.25) is 0 Å². The molecule has 0 saturated carbocycles. The van der Waals surface area contributed by atoms with Crippen molar-refractivity contribution in [1.29, 1.82) is 0 Å². The van der Waals surface area contributed by atoms with Crippen LogP contribution in [-0.2, 0) is 11.8 Å². The fourth-order valence-corrected chi connectivity index (χ4v) is 1.79. The van der Waals surface area contributed by atoms with Gasteiger partial charge in [-0.05, 0) is 15.9 Å². The van der Waals surface area contributed by atoms with E-state index in [4.69, 9.17) is 11.5 Å². The molecule has 1 heterocycles. The van der Waals surface area contributed by atoms with Crippen LogP contribution in [0.3, 0.4) is 0 Å². The summed E-state index contributed by atoms with van der Waals surface area (Å²) in [5, 5.41) is 3.98. The van der Waals surface area contributed by atoms with E-state index in [1.807, 2.05) is 0 Å². The second kappa shape index (κ2) is 3.89. The van der Waals surface area contributed by atoms with Gasteiger partial charge in [0.25, 0.3) is 0 Å². The second-order valence-corrected chi connectivity index (χ2v) is 3.63. The van der Waals surface area contributed by atoms with Gasteiger partial charge in [-0.3, -0.25) is 9.48 Å². The van der Waals surface area contributed by atoms with Crippen LogP contribution < -0.4 is 11.5 Å². The zero-order chi connectivity index (χ0) is 10.0. The maximum Gasteiger partial charge on any atom is 0.219 e. The molecule has 0 aliphatic rings. The highest BCUT2D eigenvalue weighted by atomic mass is 79.9. The first-order valence-electron chi connectivity index (χ1n) is 3.73. The van der Waals surface area contributed by atoms with Gasteiger partial charge in [0.1, 0.15) is 0 Å². The molecule has 0 bridgehead atoms. The van der Waals surface area contributed by atoms with Gasteiger partial charge in [-0.1, -0.05) is 0 Å². The molecule has 6 heteroatoms. The van der Waals surface area contributed by atoms with E-state index in [9.17, 15) is 4.79 Å². The van der Waals surface area contributed by atoms with Crippen molar-refractivity contribution >= 4 is 21.8 Å². The summed E-state index contributed by atoms with van der Waals surface area (Å²) in [5.74, 6) is -0.416. The van der Waals surface area contributed by atoms with Gasteiger partial charge in [0.15, 0.2) is 0 Å². The van der Waals surface area contributed by atoms with Crippen LogP contribution in [0.5, 0.6) is 0 Å². The van der Waals surface area contributed by atoms with Crippen molar-refractivity contribution in [2.24, 2.45) is 18.5 Å². The van der Waals surface area contributed by atoms with Crippen molar-refractivity contribution in [3.05, 3.63) is 16.4 Å². The number of aryl methyl sites for hydroxylation is 1. The number of hydrogen-bond donors (Lipinski definition) is 2. The number of carbonyl (C=O) groups excluding carboxylic acids is 1. The van der Waals surface area contributed by atoms with Gasteiger partial charge in [-0.2, -0.15) is 5.10 Å². The molecule has 1 aromatic rings. The largest absolute Gasteiger partial charge is 0.370 e. The van der Waals surface area contributed by atoms with Crippen LogP contribution in [-0.4, -0.2) is 15.7 Å². The lowest BCUT2D eigenvalue weighted by Crippen LogP contribution is -2.22. The first-order valence-corrected chi connectivity index (χ1v) is 4.53. The van der Waals surface area contributed by atoms with Crippen LogP contribution >= 0.6 is 15.9 Å². The van der Waals surface area contributed by atoms with Gasteiger partial charge < -0.3 is 11.5 Å². The van der Waals surface area contributed by atoms with Crippen molar-refractivity contribution in [2.75, 3.05) is 0 Å². The van der Waals surface area contributed by atoms with Crippen molar-refractivity contribution in [3.8, 4) is 0 Å². The van der Waals surface area contributed by atoms with E-state index in [2.05, 4.69) is 21.0 Å². The zero-order valence-corrected chi connectivity index (χ0v) is 8.78. The average Bonchev–Trinajstić information content (AvgIpc) is 2.29. The third-order valence-electron chi connectivity index (χ3n) is 1.71. The minimum Gasteiger partial charge on any atom is -0.370 e. The molecule has 5 nitrogen and oxygen atoms in total. The van der Waals surface area contributed by atoms with E-state index in [-0.39, 0.29) is 6.42 Å². The maximum absolute atomic E-state index is 10.6. The fraction of sp³-hybridized carbons (Fsp3) is 0.429. The molecule has 1 rings (SSSR count). The molecule has 0 saturated heterocycles. The van der Waals surface area contributed by atoms with E-state index >= 15 is 0 Å². The van der Waals surface area contributed by atoms with Gasteiger partial charge in [0, 0.05) is 13.5 Å². The molecule has 0 spiro atoms. The quantitative estimate of drug-likeness (QED) is 0.791. The molecule has 0 fully saturated rings. The number of nitrogens with zero attached hydrogens (tertiary/aromatic N) is 2. The summed E-state index contributed by atoms with van der Waals surface area (Å²) in [7, 11) is 1.76. The highest BCUT2D eigenvalue weighted by molar-refractivity contribution is 9.10. The molecule has 1 atom stereocenters. The van der Waals surface area contributed by atoms with Gasteiger partial charge in [-0.15, -0.1) is 0 Å². The Kier molecular flexibility index (Phi) is 3.05. The topological polar surface area (TPSA) is 86.9 Å². The number of amides is 1. The number of primary amides is 1. The number of halogens is 1. The van der Waals surface area contributed by atoms with Crippen LogP contribution in [0.4, 0.5) is 0 Å². The number of hydrogen-bond acceptors (Lipinski definition) is 3. The summed E-state index contributed by atoms with van der Waals surface area (Å²) >= 11 is 3.29. The average molecular weight is 247 g/mol. The van der Waals surface area contributed by atoms with Gasteiger partial charge in [-0.25, -0.2) is 0 Å². The second-order valence-electron chi connectivity index (χ2n) is 2.78. The lowest BCUT2D eigenvalue weighted by molar-refractivity contribution is -0.118. The Morgan fingerprint density at radius 3 is 2.85 bits per heavy atom. The van der Waals surface area contributed by atoms with Crippen molar-refractivity contribution in [1.82, 2.24) is 9.78 Å². The third kappa shape index (κ3) is 2.28. The van der Waals surface area contributed by atoms with Crippen molar-refractivity contribution in [3.63, 3.8) is 0 Å². The number of nitrogens with two attached hydrogens (primary N) is 2. The summed E-state index contributed by atoms with van der Waals surface area (Å²) in [6.07, 6.45) is 1.76. The fourth-order valence-electron chi connectivity index (χ4n) is 1.15. The maximum atomic E-state index is 10.6. The summed E-state index contributed by atoms with van der Waals surface area (Å²) in [6, 6.07) is -0.403. The van der Waals surface area contributed by atoms with Crippen LogP contribution in [0.1, 0.15) is 18.2 Å². The molecule has 13 heavy (non-hydrogen) atoms. The molecule has 72 valence electrons. The molecule has 0 aliphatic heterocycles. The number of rotatable bonds is 3. The van der Waals surface area contributed by atoms with Crippen LogP contribution in [0, 0.1) is 0 Å². The Morgan fingerprint density at radius 1 is 1.85 bits per heavy atom. The summed E-state index contributed by atoms with van der Waals surface area (Å²) in [6.45, 7) is 0. The normalized spacial score (nSPS) is 12.8. The van der Waals surface area contributed by atoms with E-state index in [1.165, 1.54) is 0 Å². The number of aromatic nitrogens is 2. The Bertz CT molecular complexity index is 303. The third-order valence-corrected chi connectivity index (χ3v) is 2.32. The Morgan fingerprint density at radius 2 is 2.46 bits per heavy atom. The minimum atomic E-state index is -0.416.